The lowest BCUT2D eigenvalue weighted by molar-refractivity contribution is 0.0931. The molecule has 3 amide bonds. The Morgan fingerprint density at radius 1 is 1.19 bits per heavy atom. The van der Waals surface area contributed by atoms with E-state index in [2.05, 4.69) is 20.8 Å². The number of hydrogen-bond donors (Lipinski definition) is 3. The van der Waals surface area contributed by atoms with E-state index in [-0.39, 0.29) is 17.6 Å². The van der Waals surface area contributed by atoms with Gasteiger partial charge in [0.15, 0.2) is 11.5 Å². The minimum absolute atomic E-state index is 0.183. The van der Waals surface area contributed by atoms with Gasteiger partial charge in [-0.05, 0) is 36.8 Å². The zero-order valence-electron chi connectivity index (χ0n) is 14.0. The van der Waals surface area contributed by atoms with E-state index in [9.17, 15) is 9.59 Å². The Balaban J connectivity index is 1.66. The van der Waals surface area contributed by atoms with Crippen LogP contribution in [0.25, 0.3) is 11.3 Å². The summed E-state index contributed by atoms with van der Waals surface area (Å²) in [6.45, 7) is 1.84. The third-order valence-electron chi connectivity index (χ3n) is 3.71. The number of carbonyl (C=O) groups is 2. The molecule has 0 fully saturated rings. The van der Waals surface area contributed by atoms with E-state index in [0.29, 0.717) is 11.4 Å². The van der Waals surface area contributed by atoms with Crippen molar-refractivity contribution in [3.63, 3.8) is 0 Å². The van der Waals surface area contributed by atoms with Crippen molar-refractivity contribution in [1.29, 1.82) is 0 Å². The second-order valence-corrected chi connectivity index (χ2v) is 5.62. The van der Waals surface area contributed by atoms with Gasteiger partial charge in [0.2, 0.25) is 0 Å². The van der Waals surface area contributed by atoms with Crippen molar-refractivity contribution >= 4 is 17.6 Å². The van der Waals surface area contributed by atoms with Gasteiger partial charge >= 0.3 is 6.03 Å². The van der Waals surface area contributed by atoms with E-state index in [0.717, 1.165) is 11.1 Å². The summed E-state index contributed by atoms with van der Waals surface area (Å²) in [5.41, 5.74) is 7.44. The molecule has 0 saturated carbocycles. The number of pyridine rings is 1. The molecule has 0 aliphatic heterocycles. The van der Waals surface area contributed by atoms with E-state index in [1.54, 1.807) is 48.8 Å². The molecule has 8 nitrogen and oxygen atoms in total. The van der Waals surface area contributed by atoms with Gasteiger partial charge in [0.1, 0.15) is 0 Å². The molecule has 2 aromatic heterocycles. The first-order chi connectivity index (χ1) is 12.5. The van der Waals surface area contributed by atoms with Crippen LogP contribution >= 0.6 is 0 Å². The highest BCUT2D eigenvalue weighted by Crippen LogP contribution is 2.20. The molecule has 0 spiro atoms. The number of rotatable bonds is 5. The number of anilines is 1. The fourth-order valence-corrected chi connectivity index (χ4v) is 2.38. The van der Waals surface area contributed by atoms with Crippen LogP contribution in [0.5, 0.6) is 0 Å². The maximum atomic E-state index is 12.4. The van der Waals surface area contributed by atoms with Crippen molar-refractivity contribution < 1.29 is 14.1 Å². The van der Waals surface area contributed by atoms with Crippen LogP contribution in [-0.4, -0.2) is 22.1 Å². The van der Waals surface area contributed by atoms with Crippen LogP contribution in [0.1, 0.15) is 29.0 Å². The molecule has 0 bridgehead atoms. The zero-order chi connectivity index (χ0) is 18.5. The van der Waals surface area contributed by atoms with Crippen LogP contribution in [0.4, 0.5) is 10.5 Å². The Labute approximate surface area is 149 Å². The van der Waals surface area contributed by atoms with Crippen molar-refractivity contribution in [3.8, 4) is 11.3 Å². The first-order valence-electron chi connectivity index (χ1n) is 7.87. The first kappa shape index (κ1) is 17.2. The minimum Gasteiger partial charge on any atom is -0.355 e. The molecule has 132 valence electrons. The Bertz CT molecular complexity index is 906. The lowest BCUT2D eigenvalue weighted by Gasteiger charge is -2.13. The highest BCUT2D eigenvalue weighted by Gasteiger charge is 2.16. The van der Waals surface area contributed by atoms with Gasteiger partial charge in [0.25, 0.3) is 5.91 Å². The van der Waals surface area contributed by atoms with Gasteiger partial charge in [-0.15, -0.1) is 0 Å². The van der Waals surface area contributed by atoms with E-state index < -0.39 is 6.03 Å². The van der Waals surface area contributed by atoms with Gasteiger partial charge in [-0.1, -0.05) is 17.3 Å². The fourth-order valence-electron chi connectivity index (χ4n) is 2.38. The molecule has 1 unspecified atom stereocenters. The van der Waals surface area contributed by atoms with Crippen LogP contribution < -0.4 is 16.4 Å². The molecule has 1 atom stereocenters. The molecular formula is C18H17N5O3. The number of hydrogen-bond acceptors (Lipinski definition) is 5. The smallest absolute Gasteiger partial charge is 0.316 e. The minimum atomic E-state index is -0.630. The molecule has 2 heterocycles. The summed E-state index contributed by atoms with van der Waals surface area (Å²) in [5.74, 6) is 0.119. The van der Waals surface area contributed by atoms with Gasteiger partial charge in [-0.2, -0.15) is 0 Å². The predicted molar refractivity (Wildman–Crippen MR) is 95.3 cm³/mol. The van der Waals surface area contributed by atoms with Gasteiger partial charge in [0.05, 0.1) is 6.04 Å². The van der Waals surface area contributed by atoms with Gasteiger partial charge in [-0.25, -0.2) is 4.79 Å². The van der Waals surface area contributed by atoms with E-state index >= 15 is 0 Å². The van der Waals surface area contributed by atoms with E-state index in [4.69, 9.17) is 10.3 Å². The Hall–Kier alpha value is -3.68. The Morgan fingerprint density at radius 2 is 1.96 bits per heavy atom. The average molecular weight is 351 g/mol. The zero-order valence-corrected chi connectivity index (χ0v) is 14.0. The van der Waals surface area contributed by atoms with Crippen molar-refractivity contribution in [2.75, 3.05) is 5.32 Å². The van der Waals surface area contributed by atoms with Crippen molar-refractivity contribution in [3.05, 3.63) is 66.1 Å². The summed E-state index contributed by atoms with van der Waals surface area (Å²) < 4.78 is 5.21. The van der Waals surface area contributed by atoms with Crippen molar-refractivity contribution in [1.82, 2.24) is 15.5 Å². The molecule has 0 saturated heterocycles. The second-order valence-electron chi connectivity index (χ2n) is 5.62. The van der Waals surface area contributed by atoms with E-state index in [1.165, 1.54) is 0 Å². The first-order valence-corrected chi connectivity index (χ1v) is 7.87. The average Bonchev–Trinajstić information content (AvgIpc) is 3.13. The number of carbonyl (C=O) groups excluding carboxylic acids is 2. The van der Waals surface area contributed by atoms with Crippen LogP contribution in [0.2, 0.25) is 0 Å². The lowest BCUT2D eigenvalue weighted by atomic mass is 10.1. The van der Waals surface area contributed by atoms with Crippen molar-refractivity contribution in [2.24, 2.45) is 5.73 Å². The SMILES string of the molecule is CC(NC(=O)c1cc(-c2cccnc2)on1)c1ccc(NC(N)=O)cc1. The number of nitrogens with two attached hydrogens (primary N) is 1. The number of benzene rings is 1. The monoisotopic (exact) mass is 351 g/mol. The summed E-state index contributed by atoms with van der Waals surface area (Å²) >= 11 is 0. The third-order valence-corrected chi connectivity index (χ3v) is 3.71. The predicted octanol–water partition coefficient (Wildman–Crippen LogP) is 2.72. The number of urea groups is 1. The lowest BCUT2D eigenvalue weighted by Crippen LogP contribution is -2.26. The molecule has 8 heteroatoms. The number of nitrogens with one attached hydrogen (secondary N) is 2. The summed E-state index contributed by atoms with van der Waals surface area (Å²) in [6.07, 6.45) is 3.28. The number of amides is 3. The molecule has 26 heavy (non-hydrogen) atoms. The number of aromatic nitrogens is 2. The normalized spacial score (nSPS) is 11.6. The van der Waals surface area contributed by atoms with E-state index in [1.807, 2.05) is 13.0 Å². The third kappa shape index (κ3) is 4.04. The number of nitrogens with zero attached hydrogens (tertiary/aromatic N) is 2. The Morgan fingerprint density at radius 3 is 2.62 bits per heavy atom. The number of primary amides is 1. The molecule has 0 aliphatic rings. The van der Waals surface area contributed by atoms with Crippen LogP contribution in [0.15, 0.2) is 59.4 Å². The molecular weight excluding hydrogens is 334 g/mol. The summed E-state index contributed by atoms with van der Waals surface area (Å²) in [6, 6.07) is 11.3. The molecule has 1 aromatic carbocycles. The topological polar surface area (TPSA) is 123 Å². The second kappa shape index (κ2) is 7.47. The molecule has 3 aromatic rings. The molecule has 0 aliphatic carbocycles. The standard InChI is InChI=1S/C18H17N5O3/c1-11(12-4-6-14(7-5-12)22-18(19)25)21-17(24)15-9-16(26-23-15)13-3-2-8-20-10-13/h2-11H,1H3,(H,21,24)(H3,19,22,25). The van der Waals surface area contributed by atoms with Gasteiger partial charge in [-0.3, -0.25) is 9.78 Å². The quantitative estimate of drug-likeness (QED) is 0.652. The van der Waals surface area contributed by atoms with Crippen molar-refractivity contribution in [2.45, 2.75) is 13.0 Å². The Kier molecular flexibility index (Phi) is 4.93. The molecule has 0 radical (unpaired) electrons. The maximum Gasteiger partial charge on any atom is 0.316 e. The summed E-state index contributed by atoms with van der Waals surface area (Å²) in [7, 11) is 0. The largest absolute Gasteiger partial charge is 0.355 e. The van der Waals surface area contributed by atoms with Gasteiger partial charge in [0, 0.05) is 29.7 Å². The highest BCUT2D eigenvalue weighted by molar-refractivity contribution is 5.93. The molecule has 3 rings (SSSR count). The van der Waals surface area contributed by atoms with Crippen LogP contribution in [0.3, 0.4) is 0 Å². The highest BCUT2D eigenvalue weighted by atomic mass is 16.5. The fraction of sp³-hybridized carbons (Fsp3) is 0.111. The van der Waals surface area contributed by atoms with Crippen LogP contribution in [-0.2, 0) is 0 Å². The van der Waals surface area contributed by atoms with Gasteiger partial charge < -0.3 is 20.9 Å². The molecule has 4 N–H and O–H groups in total. The van der Waals surface area contributed by atoms with Crippen LogP contribution in [0, 0.1) is 0 Å². The summed E-state index contributed by atoms with van der Waals surface area (Å²) in [4.78, 5) is 27.2. The summed E-state index contributed by atoms with van der Waals surface area (Å²) in [5, 5.41) is 9.14. The maximum absolute atomic E-state index is 12.4.